The number of hydrogen-bond acceptors (Lipinski definition) is 1. The summed E-state index contributed by atoms with van der Waals surface area (Å²) in [5.74, 6) is -0.192. The zero-order valence-electron chi connectivity index (χ0n) is 12.3. The standard InChI is InChI=1S/C18H21ClFN/c1-2-11-21-17(12-14-7-9-16(20)10-8-14)13-15-5-3-4-6-18(15)19/h3-10,17,21H,2,11-13H2,1H3. The SMILES string of the molecule is CCCNC(Cc1ccc(F)cc1)Cc1ccccc1Cl. The topological polar surface area (TPSA) is 12.0 Å². The molecule has 0 aliphatic rings. The van der Waals surface area contributed by atoms with Gasteiger partial charge in [-0.25, -0.2) is 4.39 Å². The van der Waals surface area contributed by atoms with E-state index in [0.29, 0.717) is 6.04 Å². The van der Waals surface area contributed by atoms with Crippen molar-refractivity contribution in [3.63, 3.8) is 0 Å². The summed E-state index contributed by atoms with van der Waals surface area (Å²) in [6.07, 6.45) is 2.82. The minimum absolute atomic E-state index is 0.192. The van der Waals surface area contributed by atoms with Crippen molar-refractivity contribution in [1.29, 1.82) is 0 Å². The molecule has 1 unspecified atom stereocenters. The number of nitrogens with one attached hydrogen (secondary N) is 1. The van der Waals surface area contributed by atoms with Crippen LogP contribution in [0.1, 0.15) is 24.5 Å². The summed E-state index contributed by atoms with van der Waals surface area (Å²) in [6, 6.07) is 15.0. The number of benzene rings is 2. The Morgan fingerprint density at radius 1 is 1.05 bits per heavy atom. The van der Waals surface area contributed by atoms with Crippen molar-refractivity contribution in [1.82, 2.24) is 5.32 Å². The molecule has 1 N–H and O–H groups in total. The van der Waals surface area contributed by atoms with Gasteiger partial charge in [-0.05, 0) is 55.1 Å². The van der Waals surface area contributed by atoms with E-state index in [9.17, 15) is 4.39 Å². The summed E-state index contributed by atoms with van der Waals surface area (Å²) < 4.78 is 13.0. The molecule has 112 valence electrons. The molecule has 0 saturated heterocycles. The number of hydrogen-bond donors (Lipinski definition) is 1. The lowest BCUT2D eigenvalue weighted by atomic mass is 9.98. The Labute approximate surface area is 131 Å². The van der Waals surface area contributed by atoms with Crippen LogP contribution in [0.15, 0.2) is 48.5 Å². The Morgan fingerprint density at radius 2 is 1.76 bits per heavy atom. The van der Waals surface area contributed by atoms with E-state index in [0.717, 1.165) is 42.0 Å². The maximum absolute atomic E-state index is 13.0. The minimum atomic E-state index is -0.192. The van der Waals surface area contributed by atoms with Crippen molar-refractivity contribution in [2.45, 2.75) is 32.2 Å². The molecule has 0 saturated carbocycles. The van der Waals surface area contributed by atoms with Gasteiger partial charge >= 0.3 is 0 Å². The number of rotatable bonds is 7. The molecular weight excluding hydrogens is 285 g/mol. The molecular formula is C18H21ClFN. The first-order valence-electron chi connectivity index (χ1n) is 7.40. The van der Waals surface area contributed by atoms with Crippen LogP contribution in [0, 0.1) is 5.82 Å². The molecule has 3 heteroatoms. The molecule has 0 bridgehead atoms. The molecule has 1 atom stereocenters. The zero-order valence-corrected chi connectivity index (χ0v) is 13.0. The van der Waals surface area contributed by atoms with Crippen LogP contribution < -0.4 is 5.32 Å². The molecule has 0 aromatic heterocycles. The normalized spacial score (nSPS) is 12.3. The molecule has 21 heavy (non-hydrogen) atoms. The molecule has 0 aliphatic heterocycles. The van der Waals surface area contributed by atoms with Crippen LogP contribution in [-0.2, 0) is 12.8 Å². The maximum atomic E-state index is 13.0. The van der Waals surface area contributed by atoms with Gasteiger partial charge in [0.15, 0.2) is 0 Å². The van der Waals surface area contributed by atoms with Crippen LogP contribution in [0.5, 0.6) is 0 Å². The van der Waals surface area contributed by atoms with Crippen LogP contribution in [0.2, 0.25) is 5.02 Å². The van der Waals surface area contributed by atoms with Crippen LogP contribution in [0.4, 0.5) is 4.39 Å². The van der Waals surface area contributed by atoms with Gasteiger partial charge < -0.3 is 5.32 Å². The van der Waals surface area contributed by atoms with Crippen LogP contribution in [0.3, 0.4) is 0 Å². The van der Waals surface area contributed by atoms with Crippen molar-refractivity contribution >= 4 is 11.6 Å². The quantitative estimate of drug-likeness (QED) is 0.786. The molecule has 0 heterocycles. The van der Waals surface area contributed by atoms with Crippen LogP contribution in [0.25, 0.3) is 0 Å². The highest BCUT2D eigenvalue weighted by molar-refractivity contribution is 6.31. The average molecular weight is 306 g/mol. The van der Waals surface area contributed by atoms with E-state index in [-0.39, 0.29) is 5.82 Å². The lowest BCUT2D eigenvalue weighted by molar-refractivity contribution is 0.504. The third-order valence-electron chi connectivity index (χ3n) is 3.50. The molecule has 1 nitrogen and oxygen atoms in total. The first kappa shape index (κ1) is 16.0. The van der Waals surface area contributed by atoms with Gasteiger partial charge in [0, 0.05) is 11.1 Å². The fourth-order valence-corrected chi connectivity index (χ4v) is 2.61. The molecule has 0 fully saturated rings. The van der Waals surface area contributed by atoms with Gasteiger partial charge in [0.25, 0.3) is 0 Å². The van der Waals surface area contributed by atoms with Gasteiger partial charge in [0.1, 0.15) is 5.82 Å². The lowest BCUT2D eigenvalue weighted by Gasteiger charge is -2.19. The molecule has 0 aliphatic carbocycles. The van der Waals surface area contributed by atoms with Gasteiger partial charge in [-0.2, -0.15) is 0 Å². The Balaban J connectivity index is 2.07. The summed E-state index contributed by atoms with van der Waals surface area (Å²) >= 11 is 6.25. The fourth-order valence-electron chi connectivity index (χ4n) is 2.40. The second-order valence-corrected chi connectivity index (χ2v) is 5.68. The summed E-state index contributed by atoms with van der Waals surface area (Å²) in [4.78, 5) is 0. The molecule has 0 spiro atoms. The van der Waals surface area contributed by atoms with E-state index in [1.165, 1.54) is 12.1 Å². The Kier molecular flexibility index (Phi) is 6.21. The van der Waals surface area contributed by atoms with E-state index in [4.69, 9.17) is 11.6 Å². The van der Waals surface area contributed by atoms with Gasteiger partial charge in [-0.3, -0.25) is 0 Å². The summed E-state index contributed by atoms with van der Waals surface area (Å²) in [7, 11) is 0. The molecule has 2 rings (SSSR count). The maximum Gasteiger partial charge on any atom is 0.123 e. The summed E-state index contributed by atoms with van der Waals surface area (Å²) in [5.41, 5.74) is 2.28. The van der Waals surface area contributed by atoms with E-state index in [1.54, 1.807) is 0 Å². The predicted molar refractivity (Wildman–Crippen MR) is 87.3 cm³/mol. The van der Waals surface area contributed by atoms with Crippen LogP contribution in [-0.4, -0.2) is 12.6 Å². The Bertz CT molecular complexity index is 553. The summed E-state index contributed by atoms with van der Waals surface area (Å²) in [6.45, 7) is 3.12. The zero-order chi connectivity index (χ0) is 15.1. The second-order valence-electron chi connectivity index (χ2n) is 5.28. The molecule has 0 radical (unpaired) electrons. The van der Waals surface area contributed by atoms with Crippen molar-refractivity contribution in [2.24, 2.45) is 0 Å². The first-order chi connectivity index (χ1) is 10.2. The highest BCUT2D eigenvalue weighted by Gasteiger charge is 2.12. The van der Waals surface area contributed by atoms with Crippen LogP contribution >= 0.6 is 11.6 Å². The minimum Gasteiger partial charge on any atom is -0.313 e. The number of halogens is 2. The van der Waals surface area contributed by atoms with Gasteiger partial charge in [-0.1, -0.05) is 48.9 Å². The largest absolute Gasteiger partial charge is 0.313 e. The highest BCUT2D eigenvalue weighted by atomic mass is 35.5. The fraction of sp³-hybridized carbons (Fsp3) is 0.333. The van der Waals surface area contributed by atoms with E-state index in [2.05, 4.69) is 18.3 Å². The van der Waals surface area contributed by atoms with Crippen molar-refractivity contribution < 1.29 is 4.39 Å². The van der Waals surface area contributed by atoms with Gasteiger partial charge in [0.2, 0.25) is 0 Å². The second kappa shape index (κ2) is 8.16. The van der Waals surface area contributed by atoms with Crippen molar-refractivity contribution in [2.75, 3.05) is 6.54 Å². The van der Waals surface area contributed by atoms with Gasteiger partial charge in [-0.15, -0.1) is 0 Å². The van der Waals surface area contributed by atoms with Gasteiger partial charge in [0.05, 0.1) is 0 Å². The van der Waals surface area contributed by atoms with Crippen molar-refractivity contribution in [3.8, 4) is 0 Å². The first-order valence-corrected chi connectivity index (χ1v) is 7.78. The third kappa shape index (κ3) is 5.14. The van der Waals surface area contributed by atoms with Crippen molar-refractivity contribution in [3.05, 3.63) is 70.5 Å². The lowest BCUT2D eigenvalue weighted by Crippen LogP contribution is -2.33. The molecule has 0 amide bonds. The van der Waals surface area contributed by atoms with E-state index in [1.807, 2.05) is 30.3 Å². The molecule has 2 aromatic carbocycles. The monoisotopic (exact) mass is 305 g/mol. The Morgan fingerprint density at radius 3 is 2.43 bits per heavy atom. The smallest absolute Gasteiger partial charge is 0.123 e. The van der Waals surface area contributed by atoms with E-state index < -0.39 is 0 Å². The average Bonchev–Trinajstić information content (AvgIpc) is 2.49. The Hall–Kier alpha value is -1.38. The predicted octanol–water partition coefficient (Wildman–Crippen LogP) is 4.63. The van der Waals surface area contributed by atoms with E-state index >= 15 is 0 Å². The highest BCUT2D eigenvalue weighted by Crippen LogP contribution is 2.18. The summed E-state index contributed by atoms with van der Waals surface area (Å²) in [5, 5.41) is 4.36. The third-order valence-corrected chi connectivity index (χ3v) is 3.87. The molecule has 2 aromatic rings.